The van der Waals surface area contributed by atoms with Crippen LogP contribution in [-0.4, -0.2) is 26.4 Å². The zero-order chi connectivity index (χ0) is 13.7. The third-order valence-electron chi connectivity index (χ3n) is 3.79. The molecule has 1 N–H and O–H groups in total. The maximum atomic E-state index is 5.96. The molecule has 0 amide bonds. The smallest absolute Gasteiger partial charge is 0.124 e. The normalized spacial score (nSPS) is 20.5. The molecule has 19 heavy (non-hydrogen) atoms. The van der Waals surface area contributed by atoms with Crippen LogP contribution < -0.4 is 10.1 Å². The maximum Gasteiger partial charge on any atom is 0.124 e. The number of ether oxygens (including phenoxy) is 2. The predicted octanol–water partition coefficient (Wildman–Crippen LogP) is 3.22. The first kappa shape index (κ1) is 14.4. The molecule has 1 fully saturated rings. The van der Waals surface area contributed by atoms with Gasteiger partial charge in [0.05, 0.1) is 12.7 Å². The summed E-state index contributed by atoms with van der Waals surface area (Å²) in [4.78, 5) is 0. The zero-order valence-corrected chi connectivity index (χ0v) is 12.2. The van der Waals surface area contributed by atoms with Crippen LogP contribution in [0.3, 0.4) is 0 Å². The molecule has 0 bridgehead atoms. The Morgan fingerprint density at radius 1 is 1.47 bits per heavy atom. The van der Waals surface area contributed by atoms with E-state index in [0.717, 1.165) is 25.4 Å². The van der Waals surface area contributed by atoms with Crippen molar-refractivity contribution in [2.45, 2.75) is 45.3 Å². The van der Waals surface area contributed by atoms with Gasteiger partial charge in [-0.1, -0.05) is 17.7 Å². The number of hydrogen-bond acceptors (Lipinski definition) is 3. The summed E-state index contributed by atoms with van der Waals surface area (Å²) in [7, 11) is 1.98. The van der Waals surface area contributed by atoms with E-state index in [0.29, 0.717) is 12.1 Å². The van der Waals surface area contributed by atoms with Gasteiger partial charge in [-0.25, -0.2) is 0 Å². The van der Waals surface area contributed by atoms with Gasteiger partial charge in [0.1, 0.15) is 5.75 Å². The Labute approximate surface area is 116 Å². The summed E-state index contributed by atoms with van der Waals surface area (Å²) in [5, 5.41) is 3.28. The minimum absolute atomic E-state index is 0.303. The molecule has 1 aliphatic rings. The molecule has 0 aliphatic carbocycles. The molecular weight excluding hydrogens is 238 g/mol. The Kier molecular flexibility index (Phi) is 5.23. The van der Waals surface area contributed by atoms with Crippen LogP contribution in [0, 0.1) is 6.92 Å². The van der Waals surface area contributed by atoms with Gasteiger partial charge in [0.15, 0.2) is 0 Å². The van der Waals surface area contributed by atoms with Crippen LogP contribution in [-0.2, 0) is 4.74 Å². The fourth-order valence-corrected chi connectivity index (χ4v) is 2.47. The van der Waals surface area contributed by atoms with E-state index in [2.05, 4.69) is 37.4 Å². The molecule has 1 aromatic rings. The van der Waals surface area contributed by atoms with Crippen LogP contribution in [0.25, 0.3) is 0 Å². The van der Waals surface area contributed by atoms with Gasteiger partial charge in [-0.15, -0.1) is 0 Å². The first-order valence-electron chi connectivity index (χ1n) is 7.23. The largest absolute Gasteiger partial charge is 0.493 e. The fourth-order valence-electron chi connectivity index (χ4n) is 2.47. The minimum atomic E-state index is 0.303. The SMILES string of the molecule is CNC(C)c1cc(C)ccc1OCCC1CCCO1. The van der Waals surface area contributed by atoms with Gasteiger partial charge in [-0.2, -0.15) is 0 Å². The second-order valence-electron chi connectivity index (χ2n) is 5.32. The van der Waals surface area contributed by atoms with E-state index in [-0.39, 0.29) is 0 Å². The van der Waals surface area contributed by atoms with Crippen molar-refractivity contribution in [3.05, 3.63) is 29.3 Å². The van der Waals surface area contributed by atoms with E-state index in [1.807, 2.05) is 7.05 Å². The summed E-state index contributed by atoms with van der Waals surface area (Å²) < 4.78 is 11.6. The monoisotopic (exact) mass is 263 g/mol. The lowest BCUT2D eigenvalue weighted by molar-refractivity contribution is 0.0901. The number of nitrogens with one attached hydrogen (secondary N) is 1. The standard InChI is InChI=1S/C16H25NO2/c1-12-6-7-16(15(11-12)13(2)17-3)19-10-8-14-5-4-9-18-14/h6-7,11,13-14,17H,4-5,8-10H2,1-3H3. The van der Waals surface area contributed by atoms with Crippen molar-refractivity contribution in [3.63, 3.8) is 0 Å². The van der Waals surface area contributed by atoms with Crippen LogP contribution >= 0.6 is 0 Å². The molecule has 3 nitrogen and oxygen atoms in total. The Morgan fingerprint density at radius 3 is 3.00 bits per heavy atom. The second kappa shape index (κ2) is 6.92. The van der Waals surface area contributed by atoms with Gasteiger partial charge in [0, 0.05) is 24.6 Å². The topological polar surface area (TPSA) is 30.5 Å². The molecular formula is C16H25NO2. The highest BCUT2D eigenvalue weighted by atomic mass is 16.5. The van der Waals surface area contributed by atoms with E-state index in [4.69, 9.17) is 9.47 Å². The summed E-state index contributed by atoms with van der Waals surface area (Å²) in [5.41, 5.74) is 2.50. The highest BCUT2D eigenvalue weighted by Crippen LogP contribution is 2.26. The van der Waals surface area contributed by atoms with Crippen LogP contribution in [0.4, 0.5) is 0 Å². The average molecular weight is 263 g/mol. The number of aryl methyl sites for hydroxylation is 1. The van der Waals surface area contributed by atoms with E-state index in [1.54, 1.807) is 0 Å². The van der Waals surface area contributed by atoms with Crippen molar-refractivity contribution in [2.24, 2.45) is 0 Å². The molecule has 1 heterocycles. The molecule has 0 saturated carbocycles. The van der Waals surface area contributed by atoms with Gasteiger partial charge < -0.3 is 14.8 Å². The Hall–Kier alpha value is -1.06. The molecule has 1 saturated heterocycles. The third-order valence-corrected chi connectivity index (χ3v) is 3.79. The van der Waals surface area contributed by atoms with Gasteiger partial charge in [-0.05, 0) is 39.8 Å². The minimum Gasteiger partial charge on any atom is -0.493 e. The Balaban J connectivity index is 1.94. The summed E-state index contributed by atoms with van der Waals surface area (Å²) in [6, 6.07) is 6.68. The Bertz CT molecular complexity index is 400. The molecule has 0 radical (unpaired) electrons. The van der Waals surface area contributed by atoms with Crippen molar-refractivity contribution in [1.29, 1.82) is 0 Å². The molecule has 0 spiro atoms. The lowest BCUT2D eigenvalue weighted by Gasteiger charge is -2.18. The van der Waals surface area contributed by atoms with Crippen molar-refractivity contribution in [3.8, 4) is 5.75 Å². The highest BCUT2D eigenvalue weighted by molar-refractivity contribution is 5.38. The number of rotatable bonds is 6. The molecule has 2 atom stereocenters. The van der Waals surface area contributed by atoms with Gasteiger partial charge in [0.2, 0.25) is 0 Å². The van der Waals surface area contributed by atoms with Crippen LogP contribution in [0.1, 0.15) is 43.4 Å². The van der Waals surface area contributed by atoms with Gasteiger partial charge in [-0.3, -0.25) is 0 Å². The van der Waals surface area contributed by atoms with Gasteiger partial charge >= 0.3 is 0 Å². The van der Waals surface area contributed by atoms with Crippen LogP contribution in [0.2, 0.25) is 0 Å². The summed E-state index contributed by atoms with van der Waals surface area (Å²) in [6.45, 7) is 5.91. The van der Waals surface area contributed by atoms with Gasteiger partial charge in [0.25, 0.3) is 0 Å². The van der Waals surface area contributed by atoms with Crippen molar-refractivity contribution in [2.75, 3.05) is 20.3 Å². The van der Waals surface area contributed by atoms with Crippen molar-refractivity contribution in [1.82, 2.24) is 5.32 Å². The number of hydrogen-bond donors (Lipinski definition) is 1. The molecule has 106 valence electrons. The zero-order valence-electron chi connectivity index (χ0n) is 12.2. The molecule has 2 unspecified atom stereocenters. The molecule has 0 aromatic heterocycles. The fraction of sp³-hybridized carbons (Fsp3) is 0.625. The lowest BCUT2D eigenvalue weighted by atomic mass is 10.0. The summed E-state index contributed by atoms with van der Waals surface area (Å²) in [5.74, 6) is 0.991. The first-order chi connectivity index (χ1) is 9.20. The lowest BCUT2D eigenvalue weighted by Crippen LogP contribution is -2.15. The van der Waals surface area contributed by atoms with E-state index in [9.17, 15) is 0 Å². The molecule has 3 heteroatoms. The quantitative estimate of drug-likeness (QED) is 0.855. The first-order valence-corrected chi connectivity index (χ1v) is 7.23. The molecule has 1 aromatic carbocycles. The second-order valence-corrected chi connectivity index (χ2v) is 5.32. The Morgan fingerprint density at radius 2 is 2.32 bits per heavy atom. The van der Waals surface area contributed by atoms with Crippen LogP contribution in [0.15, 0.2) is 18.2 Å². The van der Waals surface area contributed by atoms with E-state index in [1.165, 1.54) is 24.0 Å². The van der Waals surface area contributed by atoms with Crippen molar-refractivity contribution < 1.29 is 9.47 Å². The average Bonchev–Trinajstić information content (AvgIpc) is 2.92. The third kappa shape index (κ3) is 3.95. The predicted molar refractivity (Wildman–Crippen MR) is 77.7 cm³/mol. The maximum absolute atomic E-state index is 5.96. The van der Waals surface area contributed by atoms with E-state index >= 15 is 0 Å². The highest BCUT2D eigenvalue weighted by Gasteiger charge is 2.16. The van der Waals surface area contributed by atoms with E-state index < -0.39 is 0 Å². The van der Waals surface area contributed by atoms with Crippen LogP contribution in [0.5, 0.6) is 5.75 Å². The number of benzene rings is 1. The molecule has 1 aliphatic heterocycles. The summed E-state index contributed by atoms with van der Waals surface area (Å²) in [6.07, 6.45) is 3.76. The molecule has 2 rings (SSSR count). The summed E-state index contributed by atoms with van der Waals surface area (Å²) >= 11 is 0. The van der Waals surface area contributed by atoms with Crippen molar-refractivity contribution >= 4 is 0 Å².